The van der Waals surface area contributed by atoms with E-state index in [1.165, 1.54) is 28.3 Å². The summed E-state index contributed by atoms with van der Waals surface area (Å²) < 4.78 is -0.0112. The summed E-state index contributed by atoms with van der Waals surface area (Å²) in [7, 11) is 0. The highest BCUT2D eigenvalue weighted by Crippen LogP contribution is 2.50. The van der Waals surface area contributed by atoms with Crippen LogP contribution >= 0.6 is 23.5 Å². The first-order valence-corrected chi connectivity index (χ1v) is 9.35. The highest BCUT2D eigenvalue weighted by Gasteiger charge is 2.25. The third kappa shape index (κ3) is 3.19. The highest BCUT2D eigenvalue weighted by atomic mass is 32.2. The minimum Gasteiger partial charge on any atom is -0.502 e. The van der Waals surface area contributed by atoms with E-state index < -0.39 is 4.92 Å². The second-order valence-electron chi connectivity index (χ2n) is 5.63. The fraction of sp³-hybridized carbons (Fsp3) is 0.294. The maximum atomic E-state index is 11.0. The summed E-state index contributed by atoms with van der Waals surface area (Å²) in [4.78, 5) is 10.5. The number of benzene rings is 2. The van der Waals surface area contributed by atoms with Crippen LogP contribution in [0.1, 0.15) is 32.4 Å². The van der Waals surface area contributed by atoms with Crippen LogP contribution in [0.3, 0.4) is 0 Å². The molecule has 0 bridgehead atoms. The number of phenolic OH excluding ortho intramolecular Hbond substituents is 1. The van der Waals surface area contributed by atoms with E-state index in [1.807, 2.05) is 0 Å². The third-order valence-electron chi connectivity index (χ3n) is 4.09. The van der Waals surface area contributed by atoms with Gasteiger partial charge in [0.1, 0.15) is 0 Å². The lowest BCUT2D eigenvalue weighted by atomic mass is 10.0. The number of nitrogens with zero attached hydrogens (tertiary/aromatic N) is 1. The van der Waals surface area contributed by atoms with Gasteiger partial charge in [-0.3, -0.25) is 10.1 Å². The highest BCUT2D eigenvalue weighted by molar-refractivity contribution is 8.15. The van der Waals surface area contributed by atoms with Gasteiger partial charge in [0.15, 0.2) is 5.75 Å². The van der Waals surface area contributed by atoms with Crippen LogP contribution in [0.15, 0.2) is 30.3 Å². The Balaban J connectivity index is 1.91. The zero-order valence-electron chi connectivity index (χ0n) is 12.9. The molecule has 2 aromatic rings. The molecule has 0 radical (unpaired) electrons. The standard InChI is InChI=1S/C17H17NO3S2/c1-10-6-12-8-22-17(23-9-13(12)7-11(10)2)14-4-3-5-15(16(14)19)18(20)21/h3-7,17,19H,8-9H2,1-2H3. The van der Waals surface area contributed by atoms with E-state index in [-0.39, 0.29) is 16.0 Å². The second kappa shape index (κ2) is 6.45. The predicted molar refractivity (Wildman–Crippen MR) is 96.0 cm³/mol. The Kier molecular flexibility index (Phi) is 4.55. The zero-order chi connectivity index (χ0) is 16.6. The summed E-state index contributed by atoms with van der Waals surface area (Å²) in [6.07, 6.45) is 0. The largest absolute Gasteiger partial charge is 0.502 e. The Bertz CT molecular complexity index is 744. The Hall–Kier alpha value is -1.66. The van der Waals surface area contributed by atoms with Crippen molar-refractivity contribution < 1.29 is 10.0 Å². The lowest BCUT2D eigenvalue weighted by Crippen LogP contribution is -1.94. The number of aromatic hydroxyl groups is 1. The number of nitro groups is 1. The summed E-state index contributed by atoms with van der Waals surface area (Å²) in [5, 5.41) is 21.3. The predicted octanol–water partition coefficient (Wildman–Crippen LogP) is 5.10. The molecule has 0 spiro atoms. The molecule has 3 rings (SSSR count). The van der Waals surface area contributed by atoms with Gasteiger partial charge in [-0.1, -0.05) is 24.3 Å². The molecule has 0 fully saturated rings. The number of hydrogen-bond acceptors (Lipinski definition) is 5. The normalized spacial score (nSPS) is 15.0. The number of para-hydroxylation sites is 1. The number of nitro benzene ring substituents is 1. The van der Waals surface area contributed by atoms with Gasteiger partial charge >= 0.3 is 5.69 Å². The van der Waals surface area contributed by atoms with Gasteiger partial charge in [-0.25, -0.2) is 0 Å². The first-order valence-electron chi connectivity index (χ1n) is 7.26. The molecular weight excluding hydrogens is 330 g/mol. The number of fused-ring (bicyclic) bond motifs is 1. The maximum absolute atomic E-state index is 11.0. The summed E-state index contributed by atoms with van der Waals surface area (Å²) in [5.74, 6) is 1.48. The number of phenols is 1. The van der Waals surface area contributed by atoms with E-state index in [9.17, 15) is 15.2 Å². The second-order valence-corrected chi connectivity index (χ2v) is 8.12. The molecule has 0 saturated carbocycles. The van der Waals surface area contributed by atoms with E-state index in [2.05, 4.69) is 26.0 Å². The van der Waals surface area contributed by atoms with Crippen LogP contribution in [-0.2, 0) is 11.5 Å². The van der Waals surface area contributed by atoms with Crippen molar-refractivity contribution in [1.29, 1.82) is 0 Å². The molecule has 0 aliphatic carbocycles. The smallest absolute Gasteiger partial charge is 0.311 e. The molecule has 4 nitrogen and oxygen atoms in total. The average molecular weight is 347 g/mol. The van der Waals surface area contributed by atoms with Gasteiger partial charge in [0, 0.05) is 23.1 Å². The van der Waals surface area contributed by atoms with Crippen LogP contribution in [0.5, 0.6) is 5.75 Å². The molecule has 0 unspecified atom stereocenters. The topological polar surface area (TPSA) is 63.4 Å². The average Bonchev–Trinajstić information content (AvgIpc) is 2.70. The first-order chi connectivity index (χ1) is 11.0. The van der Waals surface area contributed by atoms with Gasteiger partial charge in [0.25, 0.3) is 0 Å². The summed E-state index contributed by atoms with van der Waals surface area (Å²) >= 11 is 3.42. The first kappa shape index (κ1) is 16.2. The molecule has 1 aliphatic rings. The van der Waals surface area contributed by atoms with E-state index in [0.29, 0.717) is 5.56 Å². The Morgan fingerprint density at radius 1 is 1.13 bits per heavy atom. The Morgan fingerprint density at radius 2 is 1.70 bits per heavy atom. The van der Waals surface area contributed by atoms with Crippen LogP contribution in [0.25, 0.3) is 0 Å². The zero-order valence-corrected chi connectivity index (χ0v) is 14.5. The molecule has 1 N–H and O–H groups in total. The molecule has 0 saturated heterocycles. The van der Waals surface area contributed by atoms with Crippen LogP contribution in [0.4, 0.5) is 5.69 Å². The van der Waals surface area contributed by atoms with Gasteiger partial charge in [0.2, 0.25) is 0 Å². The Labute approximate surface area is 143 Å². The maximum Gasteiger partial charge on any atom is 0.311 e. The van der Waals surface area contributed by atoms with Crippen molar-refractivity contribution in [2.45, 2.75) is 29.9 Å². The molecule has 1 heterocycles. The number of thioether (sulfide) groups is 2. The minimum atomic E-state index is -0.535. The van der Waals surface area contributed by atoms with E-state index >= 15 is 0 Å². The lowest BCUT2D eigenvalue weighted by Gasteiger charge is -2.14. The molecule has 0 amide bonds. The van der Waals surface area contributed by atoms with E-state index in [1.54, 1.807) is 35.7 Å². The number of aryl methyl sites for hydroxylation is 2. The van der Waals surface area contributed by atoms with Crippen LogP contribution in [0.2, 0.25) is 0 Å². The minimum absolute atomic E-state index is 0.0112. The molecule has 0 atom stereocenters. The van der Waals surface area contributed by atoms with Crippen LogP contribution in [0, 0.1) is 24.0 Å². The van der Waals surface area contributed by atoms with Gasteiger partial charge < -0.3 is 5.11 Å². The molecule has 1 aliphatic heterocycles. The quantitative estimate of drug-likeness (QED) is 0.605. The summed E-state index contributed by atoms with van der Waals surface area (Å²) in [6, 6.07) is 9.22. The fourth-order valence-corrected chi connectivity index (χ4v) is 5.38. The van der Waals surface area contributed by atoms with Crippen molar-refractivity contribution in [3.8, 4) is 5.75 Å². The molecule has 6 heteroatoms. The molecule has 2 aromatic carbocycles. The van der Waals surface area contributed by atoms with E-state index in [0.717, 1.165) is 11.5 Å². The fourth-order valence-electron chi connectivity index (χ4n) is 2.65. The number of rotatable bonds is 2. The monoisotopic (exact) mass is 347 g/mol. The SMILES string of the molecule is Cc1cc2c(cc1C)CSC(c1cccc([N+](=O)[O-])c1O)SC2. The van der Waals surface area contributed by atoms with Gasteiger partial charge in [-0.05, 0) is 36.1 Å². The van der Waals surface area contributed by atoms with Crippen molar-refractivity contribution >= 4 is 29.2 Å². The van der Waals surface area contributed by atoms with Crippen molar-refractivity contribution in [2.24, 2.45) is 0 Å². The third-order valence-corrected chi connectivity index (χ3v) is 6.98. The Morgan fingerprint density at radius 3 is 2.22 bits per heavy atom. The summed E-state index contributed by atoms with van der Waals surface area (Å²) in [6.45, 7) is 4.23. The molecular formula is C17H17NO3S2. The van der Waals surface area contributed by atoms with E-state index in [4.69, 9.17) is 0 Å². The molecule has 23 heavy (non-hydrogen) atoms. The summed E-state index contributed by atoms with van der Waals surface area (Å²) in [5.41, 5.74) is 5.61. The van der Waals surface area contributed by atoms with Crippen molar-refractivity contribution in [1.82, 2.24) is 0 Å². The van der Waals surface area contributed by atoms with Crippen LogP contribution in [-0.4, -0.2) is 10.0 Å². The van der Waals surface area contributed by atoms with Crippen molar-refractivity contribution in [3.63, 3.8) is 0 Å². The molecule has 0 aromatic heterocycles. The van der Waals surface area contributed by atoms with Crippen molar-refractivity contribution in [2.75, 3.05) is 0 Å². The van der Waals surface area contributed by atoms with Gasteiger partial charge in [-0.15, -0.1) is 23.5 Å². The lowest BCUT2D eigenvalue weighted by molar-refractivity contribution is -0.385. The molecule has 120 valence electrons. The van der Waals surface area contributed by atoms with Crippen LogP contribution < -0.4 is 0 Å². The van der Waals surface area contributed by atoms with Gasteiger partial charge in [-0.2, -0.15) is 0 Å². The van der Waals surface area contributed by atoms with Gasteiger partial charge in [0.05, 0.1) is 9.51 Å². The van der Waals surface area contributed by atoms with Crippen molar-refractivity contribution in [3.05, 3.63) is 68.3 Å². The number of hydrogen-bond donors (Lipinski definition) is 1.